The molecule has 0 bridgehead atoms. The minimum atomic E-state index is -1.01. The normalized spacial score (nSPS) is 14.2. The fraction of sp³-hybridized carbons (Fsp3) is 0.316. The van der Waals surface area contributed by atoms with E-state index >= 15 is 0 Å². The van der Waals surface area contributed by atoms with E-state index in [1.165, 1.54) is 43.7 Å². The van der Waals surface area contributed by atoms with E-state index in [9.17, 15) is 14.3 Å². The molecule has 1 aliphatic rings. The van der Waals surface area contributed by atoms with Crippen molar-refractivity contribution < 1.29 is 19.0 Å². The zero-order valence-electron chi connectivity index (χ0n) is 14.5. The van der Waals surface area contributed by atoms with Crippen LogP contribution in [0.3, 0.4) is 0 Å². The highest BCUT2D eigenvalue weighted by molar-refractivity contribution is 8.00. The molecule has 1 heterocycles. The van der Waals surface area contributed by atoms with Crippen LogP contribution in [0.5, 0.6) is 5.75 Å². The third-order valence-corrected chi connectivity index (χ3v) is 5.20. The molecule has 0 atom stereocenters. The zero-order valence-corrected chi connectivity index (χ0v) is 15.3. The molecule has 2 aromatic carbocycles. The second-order valence-electron chi connectivity index (χ2n) is 6.08. The summed E-state index contributed by atoms with van der Waals surface area (Å²) < 4.78 is 22.3. The maximum atomic E-state index is 13.8. The third-order valence-electron chi connectivity index (χ3n) is 4.34. The van der Waals surface area contributed by atoms with Gasteiger partial charge in [0.1, 0.15) is 11.6 Å². The largest absolute Gasteiger partial charge is 0.496 e. The molecule has 0 amide bonds. The first kappa shape index (κ1) is 18.4. The molecule has 138 valence electrons. The zero-order chi connectivity index (χ0) is 18.5. The summed E-state index contributed by atoms with van der Waals surface area (Å²) in [6, 6.07) is 9.36. The van der Waals surface area contributed by atoms with Gasteiger partial charge in [0.25, 0.3) is 0 Å². The van der Waals surface area contributed by atoms with Crippen LogP contribution in [0, 0.1) is 5.82 Å². The fourth-order valence-corrected chi connectivity index (χ4v) is 3.82. The van der Waals surface area contributed by atoms with E-state index < -0.39 is 5.97 Å². The van der Waals surface area contributed by atoms with Gasteiger partial charge in [-0.3, -0.25) is 0 Å². The van der Waals surface area contributed by atoms with Crippen molar-refractivity contribution in [2.75, 3.05) is 29.8 Å². The number of methoxy groups -OCH3 is 1. The average molecular weight is 376 g/mol. The van der Waals surface area contributed by atoms with Gasteiger partial charge in [0.15, 0.2) is 0 Å². The summed E-state index contributed by atoms with van der Waals surface area (Å²) in [6.45, 7) is 1.89. The van der Waals surface area contributed by atoms with Crippen LogP contribution >= 0.6 is 11.9 Å². The van der Waals surface area contributed by atoms with Gasteiger partial charge in [-0.15, -0.1) is 0 Å². The number of carboxylic acid groups (broad SMARTS) is 1. The summed E-state index contributed by atoms with van der Waals surface area (Å²) >= 11 is 1.21. The Hall–Kier alpha value is -2.41. The van der Waals surface area contributed by atoms with Gasteiger partial charge in [0, 0.05) is 13.1 Å². The number of rotatable bonds is 6. The van der Waals surface area contributed by atoms with Gasteiger partial charge in [-0.2, -0.15) is 0 Å². The Bertz CT molecular complexity index is 794. The van der Waals surface area contributed by atoms with Crippen molar-refractivity contribution in [1.82, 2.24) is 0 Å². The molecule has 0 aliphatic carbocycles. The van der Waals surface area contributed by atoms with Crippen LogP contribution in [0.1, 0.15) is 29.6 Å². The predicted octanol–water partition coefficient (Wildman–Crippen LogP) is 4.64. The number of hydrogen-bond donors (Lipinski definition) is 2. The molecule has 0 radical (unpaired) electrons. The second kappa shape index (κ2) is 8.31. The standard InChI is InChI=1S/C19H21FN2O3S/c1-25-17-8-5-13(19(23)24)11-18(17)26-21-15-12-14(20)6-7-16(15)22-9-3-2-4-10-22/h5-8,11-12,21H,2-4,9-10H2,1H3,(H,23,24). The van der Waals surface area contributed by atoms with Crippen LogP contribution in [-0.4, -0.2) is 31.3 Å². The number of hydrogen-bond acceptors (Lipinski definition) is 5. The van der Waals surface area contributed by atoms with Crippen molar-refractivity contribution in [1.29, 1.82) is 0 Å². The van der Waals surface area contributed by atoms with E-state index in [-0.39, 0.29) is 11.4 Å². The quantitative estimate of drug-likeness (QED) is 0.716. The van der Waals surface area contributed by atoms with Crippen molar-refractivity contribution in [3.8, 4) is 5.75 Å². The number of nitrogens with one attached hydrogen (secondary N) is 1. The van der Waals surface area contributed by atoms with E-state index in [1.807, 2.05) is 0 Å². The maximum absolute atomic E-state index is 13.8. The Kier molecular flexibility index (Phi) is 5.88. The minimum Gasteiger partial charge on any atom is -0.496 e. The molecule has 3 rings (SSSR count). The van der Waals surface area contributed by atoms with E-state index in [1.54, 1.807) is 18.2 Å². The number of halogens is 1. The van der Waals surface area contributed by atoms with Gasteiger partial charge >= 0.3 is 5.97 Å². The molecule has 7 heteroatoms. The monoisotopic (exact) mass is 376 g/mol. The molecule has 0 saturated carbocycles. The van der Waals surface area contributed by atoms with Gasteiger partial charge in [0.2, 0.25) is 0 Å². The number of carboxylic acids is 1. The summed E-state index contributed by atoms with van der Waals surface area (Å²) in [5.41, 5.74) is 1.79. The lowest BCUT2D eigenvalue weighted by atomic mass is 10.1. The van der Waals surface area contributed by atoms with Crippen molar-refractivity contribution in [2.45, 2.75) is 24.2 Å². The highest BCUT2D eigenvalue weighted by atomic mass is 32.2. The van der Waals surface area contributed by atoms with Crippen LogP contribution in [-0.2, 0) is 0 Å². The van der Waals surface area contributed by atoms with Crippen LogP contribution in [0.2, 0.25) is 0 Å². The van der Waals surface area contributed by atoms with Crippen LogP contribution in [0.15, 0.2) is 41.3 Å². The van der Waals surface area contributed by atoms with Crippen LogP contribution < -0.4 is 14.4 Å². The van der Waals surface area contributed by atoms with E-state index in [2.05, 4.69) is 9.62 Å². The second-order valence-corrected chi connectivity index (χ2v) is 6.93. The van der Waals surface area contributed by atoms with Crippen molar-refractivity contribution in [2.24, 2.45) is 0 Å². The minimum absolute atomic E-state index is 0.172. The summed E-state index contributed by atoms with van der Waals surface area (Å²) in [6.07, 6.45) is 3.46. The molecule has 2 aromatic rings. The molecular formula is C19H21FN2O3S. The van der Waals surface area contributed by atoms with Crippen molar-refractivity contribution in [3.05, 3.63) is 47.8 Å². The van der Waals surface area contributed by atoms with E-state index in [0.717, 1.165) is 31.6 Å². The smallest absolute Gasteiger partial charge is 0.335 e. The third kappa shape index (κ3) is 4.22. The lowest BCUT2D eigenvalue weighted by Crippen LogP contribution is -2.29. The Morgan fingerprint density at radius 1 is 1.19 bits per heavy atom. The number of benzene rings is 2. The molecule has 0 aromatic heterocycles. The number of ether oxygens (including phenoxy) is 1. The maximum Gasteiger partial charge on any atom is 0.335 e. The van der Waals surface area contributed by atoms with Crippen molar-refractivity contribution >= 4 is 29.3 Å². The molecule has 5 nitrogen and oxygen atoms in total. The fourth-order valence-electron chi connectivity index (χ4n) is 3.00. The predicted molar refractivity (Wildman–Crippen MR) is 102 cm³/mol. The lowest BCUT2D eigenvalue weighted by molar-refractivity contribution is 0.0696. The summed E-state index contributed by atoms with van der Waals surface area (Å²) in [5, 5.41) is 9.18. The van der Waals surface area contributed by atoms with Gasteiger partial charge in [-0.05, 0) is 67.6 Å². The topological polar surface area (TPSA) is 61.8 Å². The molecule has 26 heavy (non-hydrogen) atoms. The molecule has 2 N–H and O–H groups in total. The Balaban J connectivity index is 1.84. The summed E-state index contributed by atoms with van der Waals surface area (Å²) in [7, 11) is 1.53. The highest BCUT2D eigenvalue weighted by Crippen LogP contribution is 2.35. The molecule has 1 fully saturated rings. The average Bonchev–Trinajstić information content (AvgIpc) is 2.66. The number of nitrogens with zero attached hydrogens (tertiary/aromatic N) is 1. The lowest BCUT2D eigenvalue weighted by Gasteiger charge is -2.30. The summed E-state index contributed by atoms with van der Waals surface area (Å²) in [4.78, 5) is 14.1. The number of aromatic carboxylic acids is 1. The molecule has 0 spiro atoms. The Morgan fingerprint density at radius 3 is 2.65 bits per heavy atom. The Morgan fingerprint density at radius 2 is 1.96 bits per heavy atom. The molecule has 0 unspecified atom stereocenters. The van der Waals surface area contributed by atoms with Gasteiger partial charge in [0.05, 0.1) is 28.9 Å². The van der Waals surface area contributed by atoms with E-state index in [4.69, 9.17) is 4.74 Å². The van der Waals surface area contributed by atoms with E-state index in [0.29, 0.717) is 16.3 Å². The number of carbonyl (C=O) groups is 1. The first-order chi connectivity index (χ1) is 12.6. The van der Waals surface area contributed by atoms with Crippen LogP contribution in [0.4, 0.5) is 15.8 Å². The SMILES string of the molecule is COc1ccc(C(=O)O)cc1SNc1cc(F)ccc1N1CCCCC1. The number of anilines is 2. The molecule has 1 aliphatic heterocycles. The molecule has 1 saturated heterocycles. The van der Waals surface area contributed by atoms with Gasteiger partial charge in [-0.25, -0.2) is 9.18 Å². The van der Waals surface area contributed by atoms with Gasteiger partial charge < -0.3 is 19.5 Å². The molecular weight excluding hydrogens is 355 g/mol. The highest BCUT2D eigenvalue weighted by Gasteiger charge is 2.16. The Labute approximate surface area is 156 Å². The van der Waals surface area contributed by atoms with Gasteiger partial charge in [-0.1, -0.05) is 0 Å². The number of piperidine rings is 1. The first-order valence-corrected chi connectivity index (χ1v) is 9.29. The summed E-state index contributed by atoms with van der Waals surface area (Å²) in [5.74, 6) is -0.766. The van der Waals surface area contributed by atoms with Crippen LogP contribution in [0.25, 0.3) is 0 Å². The van der Waals surface area contributed by atoms with Crippen molar-refractivity contribution in [3.63, 3.8) is 0 Å². The first-order valence-electron chi connectivity index (χ1n) is 8.47.